The van der Waals surface area contributed by atoms with Crippen molar-refractivity contribution in [1.82, 2.24) is 0 Å². The molecule has 0 saturated heterocycles. The average Bonchev–Trinajstić information content (AvgIpc) is 2.82. The third-order valence-electron chi connectivity index (χ3n) is 2.42. The Morgan fingerprint density at radius 1 is 0.812 bits per heavy atom. The fraction of sp³-hybridized carbons (Fsp3) is 0.333. The Hall–Kier alpha value is -0.550. The highest BCUT2D eigenvalue weighted by Gasteiger charge is 2.55. The standard InChI is InChI=1S/C9H3Cl2F5/c10-9(11)1-2(9)3-4(12)6(14)8(16)7(15)5(3)13/h2H,1H2. The minimum Gasteiger partial charge on any atom is -0.203 e. The van der Waals surface area contributed by atoms with Crippen molar-refractivity contribution in [2.75, 3.05) is 0 Å². The molecule has 1 aromatic rings. The molecule has 7 heteroatoms. The van der Waals surface area contributed by atoms with E-state index >= 15 is 0 Å². The van der Waals surface area contributed by atoms with Crippen LogP contribution < -0.4 is 0 Å². The van der Waals surface area contributed by atoms with Gasteiger partial charge in [0.25, 0.3) is 0 Å². The first-order chi connectivity index (χ1) is 7.27. The molecule has 0 aromatic heterocycles. The molecule has 2 rings (SSSR count). The summed E-state index contributed by atoms with van der Waals surface area (Å²) < 4.78 is 63.2. The number of hydrogen-bond acceptors (Lipinski definition) is 0. The Balaban J connectivity index is 2.63. The number of halogens is 7. The lowest BCUT2D eigenvalue weighted by atomic mass is 10.1. The monoisotopic (exact) mass is 276 g/mol. The highest BCUT2D eigenvalue weighted by atomic mass is 35.5. The Labute approximate surface area is 97.0 Å². The zero-order valence-electron chi connectivity index (χ0n) is 7.43. The lowest BCUT2D eigenvalue weighted by molar-refractivity contribution is 0.370. The van der Waals surface area contributed by atoms with Crippen molar-refractivity contribution in [3.63, 3.8) is 0 Å². The Morgan fingerprint density at radius 3 is 1.44 bits per heavy atom. The topological polar surface area (TPSA) is 0 Å². The fourth-order valence-corrected chi connectivity index (χ4v) is 1.98. The molecule has 0 aliphatic heterocycles. The van der Waals surface area contributed by atoms with E-state index in [1.165, 1.54) is 0 Å². The maximum absolute atomic E-state index is 13.2. The fourth-order valence-electron chi connectivity index (χ4n) is 1.45. The van der Waals surface area contributed by atoms with Gasteiger partial charge < -0.3 is 0 Å². The first-order valence-electron chi connectivity index (χ1n) is 4.16. The lowest BCUT2D eigenvalue weighted by Crippen LogP contribution is -2.08. The summed E-state index contributed by atoms with van der Waals surface area (Å²) in [6.07, 6.45) is -0.0472. The van der Waals surface area contributed by atoms with Crippen molar-refractivity contribution in [2.45, 2.75) is 16.7 Å². The number of alkyl halides is 2. The molecular weight excluding hydrogens is 274 g/mol. The van der Waals surface area contributed by atoms with Gasteiger partial charge in [-0.15, -0.1) is 23.2 Å². The normalized spacial score (nSPS) is 22.3. The summed E-state index contributed by atoms with van der Waals surface area (Å²) in [6.45, 7) is 0. The van der Waals surface area contributed by atoms with Crippen molar-refractivity contribution in [3.8, 4) is 0 Å². The molecular formula is C9H3Cl2F5. The molecule has 0 nitrogen and oxygen atoms in total. The molecule has 88 valence electrons. The van der Waals surface area contributed by atoms with Crippen LogP contribution in [-0.2, 0) is 0 Å². The van der Waals surface area contributed by atoms with Gasteiger partial charge in [-0.05, 0) is 6.42 Å². The summed E-state index contributed by atoms with van der Waals surface area (Å²) in [5.41, 5.74) is -0.943. The summed E-state index contributed by atoms with van der Waals surface area (Å²) in [4.78, 5) is 0. The molecule has 0 radical (unpaired) electrons. The van der Waals surface area contributed by atoms with Crippen LogP contribution in [0.15, 0.2) is 0 Å². The van der Waals surface area contributed by atoms with E-state index in [0.717, 1.165) is 0 Å². The van der Waals surface area contributed by atoms with Gasteiger partial charge in [0.1, 0.15) is 4.33 Å². The van der Waals surface area contributed by atoms with Gasteiger partial charge in [-0.3, -0.25) is 0 Å². The largest absolute Gasteiger partial charge is 0.203 e. The predicted molar refractivity (Wildman–Crippen MR) is 48.0 cm³/mol. The van der Waals surface area contributed by atoms with Crippen LogP contribution in [-0.4, -0.2) is 4.33 Å². The molecule has 0 spiro atoms. The van der Waals surface area contributed by atoms with Gasteiger partial charge in [-0.1, -0.05) is 0 Å². The van der Waals surface area contributed by atoms with Gasteiger partial charge >= 0.3 is 0 Å². The van der Waals surface area contributed by atoms with Crippen molar-refractivity contribution in [2.24, 2.45) is 0 Å². The van der Waals surface area contributed by atoms with Gasteiger partial charge in [0.2, 0.25) is 5.82 Å². The van der Waals surface area contributed by atoms with E-state index in [4.69, 9.17) is 23.2 Å². The molecule has 1 aliphatic rings. The zero-order chi connectivity index (χ0) is 12.2. The van der Waals surface area contributed by atoms with Crippen LogP contribution >= 0.6 is 23.2 Å². The second-order valence-corrected chi connectivity index (χ2v) is 5.04. The predicted octanol–water partition coefficient (Wildman–Crippen LogP) is 4.04. The van der Waals surface area contributed by atoms with E-state index < -0.39 is 44.9 Å². The van der Waals surface area contributed by atoms with Crippen LogP contribution in [0.1, 0.15) is 17.9 Å². The van der Waals surface area contributed by atoms with Crippen molar-refractivity contribution >= 4 is 23.2 Å². The first kappa shape index (κ1) is 11.9. The summed E-state index contributed by atoms with van der Waals surface area (Å²) in [5.74, 6) is -11.0. The van der Waals surface area contributed by atoms with E-state index in [-0.39, 0.29) is 6.42 Å². The molecule has 1 atom stereocenters. The molecule has 0 heterocycles. The molecule has 0 N–H and O–H groups in total. The minimum atomic E-state index is -2.19. The smallest absolute Gasteiger partial charge is 0.200 e. The van der Waals surface area contributed by atoms with Crippen molar-refractivity contribution in [1.29, 1.82) is 0 Å². The van der Waals surface area contributed by atoms with Crippen LogP contribution in [0.25, 0.3) is 0 Å². The van der Waals surface area contributed by atoms with Crippen LogP contribution in [0.5, 0.6) is 0 Å². The molecule has 1 aromatic carbocycles. The molecule has 0 bridgehead atoms. The maximum atomic E-state index is 13.2. The maximum Gasteiger partial charge on any atom is 0.200 e. The van der Waals surface area contributed by atoms with Crippen molar-refractivity contribution < 1.29 is 22.0 Å². The summed E-state index contributed by atoms with van der Waals surface area (Å²) >= 11 is 11.0. The quantitative estimate of drug-likeness (QED) is 0.314. The van der Waals surface area contributed by atoms with Crippen LogP contribution in [0.4, 0.5) is 22.0 Å². The molecule has 16 heavy (non-hydrogen) atoms. The molecule has 1 aliphatic carbocycles. The summed E-state index contributed by atoms with van der Waals surface area (Å²) in [7, 11) is 0. The second kappa shape index (κ2) is 3.47. The minimum absolute atomic E-state index is 0.0472. The Morgan fingerprint density at radius 2 is 1.12 bits per heavy atom. The third-order valence-corrected chi connectivity index (χ3v) is 3.25. The van der Waals surface area contributed by atoms with E-state index in [0.29, 0.717) is 0 Å². The summed E-state index contributed by atoms with van der Waals surface area (Å²) in [5, 5.41) is 0. The summed E-state index contributed by atoms with van der Waals surface area (Å²) in [6, 6.07) is 0. The molecule has 0 amide bonds. The van der Waals surface area contributed by atoms with Gasteiger partial charge in [0, 0.05) is 11.5 Å². The highest BCUT2D eigenvalue weighted by Crippen LogP contribution is 2.60. The van der Waals surface area contributed by atoms with E-state index in [1.54, 1.807) is 0 Å². The second-order valence-electron chi connectivity index (χ2n) is 3.50. The third kappa shape index (κ3) is 1.57. The van der Waals surface area contributed by atoms with Gasteiger partial charge in [0.15, 0.2) is 23.3 Å². The van der Waals surface area contributed by atoms with Gasteiger partial charge in [0.05, 0.1) is 0 Å². The molecule has 1 fully saturated rings. The van der Waals surface area contributed by atoms with Gasteiger partial charge in [-0.2, -0.15) is 0 Å². The van der Waals surface area contributed by atoms with Crippen LogP contribution in [0, 0.1) is 29.1 Å². The van der Waals surface area contributed by atoms with Crippen molar-refractivity contribution in [3.05, 3.63) is 34.6 Å². The molecule has 1 unspecified atom stereocenters. The number of rotatable bonds is 1. The number of benzene rings is 1. The van der Waals surface area contributed by atoms with Gasteiger partial charge in [-0.25, -0.2) is 22.0 Å². The van der Waals surface area contributed by atoms with E-state index in [9.17, 15) is 22.0 Å². The zero-order valence-corrected chi connectivity index (χ0v) is 8.94. The van der Waals surface area contributed by atoms with E-state index in [1.807, 2.05) is 0 Å². The van der Waals surface area contributed by atoms with Crippen LogP contribution in [0.2, 0.25) is 0 Å². The molecule has 1 saturated carbocycles. The lowest BCUT2D eigenvalue weighted by Gasteiger charge is -2.07. The van der Waals surface area contributed by atoms with E-state index in [2.05, 4.69) is 0 Å². The highest BCUT2D eigenvalue weighted by molar-refractivity contribution is 6.51. The number of hydrogen-bond donors (Lipinski definition) is 0. The SMILES string of the molecule is Fc1c(F)c(F)c(C2CC2(Cl)Cl)c(F)c1F. The Kier molecular flexibility index (Phi) is 2.58. The van der Waals surface area contributed by atoms with Crippen LogP contribution in [0.3, 0.4) is 0 Å². The average molecular weight is 277 g/mol. The Bertz CT molecular complexity index is 442. The first-order valence-corrected chi connectivity index (χ1v) is 4.92.